The van der Waals surface area contributed by atoms with Crippen molar-refractivity contribution in [2.75, 3.05) is 18.4 Å². The third-order valence-corrected chi connectivity index (χ3v) is 9.86. The van der Waals surface area contributed by atoms with E-state index in [2.05, 4.69) is 36.3 Å². The van der Waals surface area contributed by atoms with Gasteiger partial charge in [-0.2, -0.15) is 4.31 Å². The summed E-state index contributed by atoms with van der Waals surface area (Å²) >= 11 is 3.25. The molecule has 0 aliphatic carbocycles. The molecule has 1 aromatic heterocycles. The van der Waals surface area contributed by atoms with E-state index in [0.29, 0.717) is 23.8 Å². The normalized spacial score (nSPS) is 12.9. The zero-order valence-corrected chi connectivity index (χ0v) is 21.9. The van der Waals surface area contributed by atoms with E-state index in [9.17, 15) is 13.2 Å². The summed E-state index contributed by atoms with van der Waals surface area (Å²) in [4.78, 5) is 20.1. The molecule has 1 amide bonds. The number of benzene rings is 2. The summed E-state index contributed by atoms with van der Waals surface area (Å²) in [7, 11) is -3.59. The van der Waals surface area contributed by atoms with Crippen molar-refractivity contribution in [3.8, 4) is 11.3 Å². The van der Waals surface area contributed by atoms with Gasteiger partial charge in [0.15, 0.2) is 5.13 Å². The molecule has 0 spiro atoms. The molecule has 0 fully saturated rings. The molecule has 0 saturated carbocycles. The molecule has 0 radical (unpaired) electrons. The number of fused-ring (bicyclic) bond motifs is 3. The predicted molar refractivity (Wildman–Crippen MR) is 140 cm³/mol. The highest BCUT2D eigenvalue weighted by molar-refractivity contribution is 7.98. The van der Waals surface area contributed by atoms with Crippen molar-refractivity contribution in [1.82, 2.24) is 9.29 Å². The maximum absolute atomic E-state index is 13.1. The second kappa shape index (κ2) is 11.0. The van der Waals surface area contributed by atoms with Crippen LogP contribution in [0.4, 0.5) is 5.13 Å². The Bertz CT molecular complexity index is 1250. The van der Waals surface area contributed by atoms with E-state index in [-0.39, 0.29) is 10.8 Å². The maximum atomic E-state index is 13.1. The van der Waals surface area contributed by atoms with Crippen LogP contribution in [-0.2, 0) is 15.8 Å². The number of hydrogen-bond donors (Lipinski definition) is 1. The smallest absolute Gasteiger partial charge is 0.257 e. The monoisotopic (exact) mass is 515 g/mol. The number of sulfonamides is 1. The van der Waals surface area contributed by atoms with Crippen molar-refractivity contribution in [3.63, 3.8) is 0 Å². The van der Waals surface area contributed by atoms with Crippen LogP contribution in [0.1, 0.15) is 54.8 Å². The molecule has 4 rings (SSSR count). The van der Waals surface area contributed by atoms with Gasteiger partial charge in [-0.1, -0.05) is 44.9 Å². The fourth-order valence-electron chi connectivity index (χ4n) is 3.76. The zero-order valence-electron chi connectivity index (χ0n) is 19.4. The number of carbonyl (C=O) groups excluding carboxylic acids is 1. The van der Waals surface area contributed by atoms with Gasteiger partial charge in [-0.3, -0.25) is 10.1 Å². The second-order valence-electron chi connectivity index (χ2n) is 8.17. The molecule has 1 aliphatic rings. The summed E-state index contributed by atoms with van der Waals surface area (Å²) in [6.45, 7) is 5.12. The number of amides is 1. The molecule has 1 aliphatic heterocycles. The lowest BCUT2D eigenvalue weighted by molar-refractivity contribution is 0.102. The zero-order chi connectivity index (χ0) is 24.1. The molecule has 6 nitrogen and oxygen atoms in total. The molecule has 0 saturated heterocycles. The van der Waals surface area contributed by atoms with E-state index in [1.807, 2.05) is 12.1 Å². The molecular weight excluding hydrogens is 486 g/mol. The summed E-state index contributed by atoms with van der Waals surface area (Å²) in [5.41, 5.74) is 2.42. The highest BCUT2D eigenvalue weighted by Crippen LogP contribution is 2.44. The van der Waals surface area contributed by atoms with Crippen LogP contribution in [0, 0.1) is 0 Å². The molecule has 0 unspecified atom stereocenters. The number of anilines is 1. The van der Waals surface area contributed by atoms with Gasteiger partial charge in [-0.25, -0.2) is 13.4 Å². The number of nitrogens with one attached hydrogen (secondary N) is 1. The molecule has 0 bridgehead atoms. The Hall–Kier alpha value is -2.20. The third kappa shape index (κ3) is 5.38. The van der Waals surface area contributed by atoms with Crippen molar-refractivity contribution < 1.29 is 13.2 Å². The van der Waals surface area contributed by atoms with Gasteiger partial charge in [0.05, 0.1) is 10.6 Å². The average Bonchev–Trinajstić information content (AvgIpc) is 3.27. The van der Waals surface area contributed by atoms with E-state index in [4.69, 9.17) is 0 Å². The molecule has 2 heterocycles. The van der Waals surface area contributed by atoms with Gasteiger partial charge in [0, 0.05) is 39.7 Å². The Kier molecular flexibility index (Phi) is 8.08. The molecule has 180 valence electrons. The molecular formula is C25H29N3O3S3. The fraction of sp³-hybridized carbons (Fsp3) is 0.360. The summed E-state index contributed by atoms with van der Waals surface area (Å²) in [5, 5.41) is 3.43. The van der Waals surface area contributed by atoms with Gasteiger partial charge in [-0.15, -0.1) is 23.1 Å². The van der Waals surface area contributed by atoms with Crippen LogP contribution in [0.5, 0.6) is 0 Å². The first-order valence-electron chi connectivity index (χ1n) is 11.6. The van der Waals surface area contributed by atoms with Crippen molar-refractivity contribution in [2.45, 2.75) is 55.1 Å². The van der Waals surface area contributed by atoms with Crippen molar-refractivity contribution in [1.29, 1.82) is 0 Å². The molecule has 3 aromatic rings. The Balaban J connectivity index is 1.48. The van der Waals surface area contributed by atoms with Crippen LogP contribution in [0.3, 0.4) is 0 Å². The number of aromatic nitrogens is 1. The highest BCUT2D eigenvalue weighted by Gasteiger charge is 2.25. The summed E-state index contributed by atoms with van der Waals surface area (Å²) < 4.78 is 27.8. The first-order chi connectivity index (χ1) is 16.4. The third-order valence-electron chi connectivity index (χ3n) is 5.70. The Morgan fingerprint density at radius 3 is 2.38 bits per heavy atom. The van der Waals surface area contributed by atoms with Crippen LogP contribution >= 0.6 is 23.1 Å². The van der Waals surface area contributed by atoms with Crippen LogP contribution in [-0.4, -0.2) is 36.7 Å². The van der Waals surface area contributed by atoms with Crippen molar-refractivity contribution in [3.05, 3.63) is 59.0 Å². The minimum absolute atomic E-state index is 0.217. The Morgan fingerprint density at radius 2 is 1.71 bits per heavy atom. The number of rotatable bonds is 10. The van der Waals surface area contributed by atoms with Crippen molar-refractivity contribution in [2.24, 2.45) is 0 Å². The topological polar surface area (TPSA) is 79.4 Å². The SMILES string of the molecule is CCCCN(CCCC)S(=O)(=O)c1ccc(C(=O)Nc2nc3c(s2)CSc2ccccc2-3)cc1. The predicted octanol–water partition coefficient (Wildman–Crippen LogP) is 6.26. The standard InChI is InChI=1S/C25H29N3O3S3/c1-3-5-15-28(16-6-4-2)34(30,31)19-13-11-18(12-14-19)24(29)27-25-26-23-20-9-7-8-10-21(20)32-17-22(23)33-25/h7-14H,3-6,15-17H2,1-2H3,(H,26,27,29). The van der Waals surface area contributed by atoms with Gasteiger partial charge in [0.1, 0.15) is 0 Å². The van der Waals surface area contributed by atoms with E-state index in [0.717, 1.165) is 47.6 Å². The minimum atomic E-state index is -3.59. The number of carbonyl (C=O) groups is 1. The first-order valence-corrected chi connectivity index (χ1v) is 14.8. The van der Waals surface area contributed by atoms with E-state index >= 15 is 0 Å². The molecule has 34 heavy (non-hydrogen) atoms. The van der Waals surface area contributed by atoms with Gasteiger partial charge in [0.25, 0.3) is 5.91 Å². The van der Waals surface area contributed by atoms with Crippen molar-refractivity contribution >= 4 is 44.2 Å². The van der Waals surface area contributed by atoms with Crippen LogP contribution in [0.15, 0.2) is 58.3 Å². The lowest BCUT2D eigenvalue weighted by Gasteiger charge is -2.22. The van der Waals surface area contributed by atoms with Crippen LogP contribution in [0.25, 0.3) is 11.3 Å². The van der Waals surface area contributed by atoms with Gasteiger partial charge in [-0.05, 0) is 43.2 Å². The molecule has 2 aromatic carbocycles. The summed E-state index contributed by atoms with van der Waals surface area (Å²) in [5.74, 6) is 0.531. The largest absolute Gasteiger partial charge is 0.298 e. The second-order valence-corrected chi connectivity index (χ2v) is 12.2. The number of hydrogen-bond acceptors (Lipinski definition) is 6. The number of unbranched alkanes of at least 4 members (excludes halogenated alkanes) is 2. The number of nitrogens with zero attached hydrogens (tertiary/aromatic N) is 2. The minimum Gasteiger partial charge on any atom is -0.298 e. The molecule has 9 heteroatoms. The van der Waals surface area contributed by atoms with Crippen LogP contribution < -0.4 is 5.32 Å². The summed E-state index contributed by atoms with van der Waals surface area (Å²) in [6, 6.07) is 14.3. The highest BCUT2D eigenvalue weighted by atomic mass is 32.2. The van der Waals surface area contributed by atoms with Gasteiger partial charge in [0.2, 0.25) is 10.0 Å². The Labute approximate surface area is 209 Å². The fourth-order valence-corrected chi connectivity index (χ4v) is 7.38. The lowest BCUT2D eigenvalue weighted by Crippen LogP contribution is -2.33. The molecule has 1 N–H and O–H groups in total. The first kappa shape index (κ1) is 24.9. The quantitative estimate of drug-likeness (QED) is 0.345. The number of thiazole rings is 1. The maximum Gasteiger partial charge on any atom is 0.257 e. The van der Waals surface area contributed by atoms with Crippen LogP contribution in [0.2, 0.25) is 0 Å². The van der Waals surface area contributed by atoms with Gasteiger partial charge >= 0.3 is 0 Å². The Morgan fingerprint density at radius 1 is 1.03 bits per heavy atom. The summed E-state index contributed by atoms with van der Waals surface area (Å²) in [6.07, 6.45) is 3.51. The molecule has 0 atom stereocenters. The van der Waals surface area contributed by atoms with E-state index in [1.54, 1.807) is 28.2 Å². The average molecular weight is 516 g/mol. The number of thioether (sulfide) groups is 1. The van der Waals surface area contributed by atoms with Gasteiger partial charge < -0.3 is 0 Å². The lowest BCUT2D eigenvalue weighted by atomic mass is 10.1. The van der Waals surface area contributed by atoms with E-state index in [1.165, 1.54) is 28.4 Å². The van der Waals surface area contributed by atoms with E-state index < -0.39 is 10.0 Å².